The van der Waals surface area contributed by atoms with E-state index in [-0.39, 0.29) is 36.5 Å². The minimum Gasteiger partial charge on any atom is -0.477 e. The van der Waals surface area contributed by atoms with Crippen molar-refractivity contribution in [3.8, 4) is 5.88 Å². The number of amides is 1. The van der Waals surface area contributed by atoms with E-state index >= 15 is 0 Å². The average Bonchev–Trinajstić information content (AvgIpc) is 2.77. The molecule has 0 saturated carbocycles. The van der Waals surface area contributed by atoms with Gasteiger partial charge < -0.3 is 19.9 Å². The number of nitro groups is 1. The van der Waals surface area contributed by atoms with Gasteiger partial charge in [0.15, 0.2) is 0 Å². The number of nitrogens with zero attached hydrogens (tertiary/aromatic N) is 4. The first-order valence-electron chi connectivity index (χ1n) is 10.1. The van der Waals surface area contributed by atoms with E-state index in [0.29, 0.717) is 30.0 Å². The van der Waals surface area contributed by atoms with E-state index in [4.69, 9.17) is 19.9 Å². The number of pyridine rings is 2. The SMILES string of the molecule is CCOC(=O)N(Cc1ccc(Br)nc1)c1cc(OCC2CCOCC2)nc(N)c1[N+](=O)[O-]. The van der Waals surface area contributed by atoms with Crippen LogP contribution in [0.2, 0.25) is 0 Å². The Bertz CT molecular complexity index is 952. The van der Waals surface area contributed by atoms with Gasteiger partial charge in [0.1, 0.15) is 10.3 Å². The van der Waals surface area contributed by atoms with Crippen LogP contribution in [0, 0.1) is 16.0 Å². The van der Waals surface area contributed by atoms with Crippen molar-refractivity contribution in [3.05, 3.63) is 44.7 Å². The smallest absolute Gasteiger partial charge is 0.414 e. The molecule has 11 nitrogen and oxygen atoms in total. The Labute approximate surface area is 193 Å². The van der Waals surface area contributed by atoms with Crippen LogP contribution >= 0.6 is 15.9 Å². The third kappa shape index (κ3) is 6.04. The zero-order valence-electron chi connectivity index (χ0n) is 17.5. The van der Waals surface area contributed by atoms with Crippen molar-refractivity contribution in [1.29, 1.82) is 0 Å². The largest absolute Gasteiger partial charge is 0.477 e. The maximum Gasteiger partial charge on any atom is 0.414 e. The third-order valence-electron chi connectivity index (χ3n) is 4.87. The van der Waals surface area contributed by atoms with Gasteiger partial charge in [-0.1, -0.05) is 6.07 Å². The summed E-state index contributed by atoms with van der Waals surface area (Å²) in [5.41, 5.74) is 5.98. The maximum atomic E-state index is 12.8. The molecule has 2 N–H and O–H groups in total. The lowest BCUT2D eigenvalue weighted by molar-refractivity contribution is -0.383. The molecule has 2 aromatic heterocycles. The van der Waals surface area contributed by atoms with Gasteiger partial charge in [0.2, 0.25) is 11.7 Å². The van der Waals surface area contributed by atoms with Crippen LogP contribution in [-0.4, -0.2) is 47.4 Å². The Morgan fingerprint density at radius 1 is 1.41 bits per heavy atom. The fraction of sp³-hybridized carbons (Fsp3) is 0.450. The highest BCUT2D eigenvalue weighted by Gasteiger charge is 2.31. The number of anilines is 2. The van der Waals surface area contributed by atoms with E-state index in [9.17, 15) is 14.9 Å². The Kier molecular flexibility index (Phi) is 8.17. The quantitative estimate of drug-likeness (QED) is 0.319. The molecule has 0 aromatic carbocycles. The number of hydrogen-bond donors (Lipinski definition) is 1. The molecule has 3 heterocycles. The molecule has 2 aromatic rings. The zero-order valence-corrected chi connectivity index (χ0v) is 19.1. The number of carbonyl (C=O) groups is 1. The van der Waals surface area contributed by atoms with Crippen molar-refractivity contribution in [2.45, 2.75) is 26.3 Å². The Morgan fingerprint density at radius 2 is 2.16 bits per heavy atom. The standard InChI is InChI=1S/C20H24BrN5O6/c1-2-31-20(27)25(11-14-3-4-16(21)23-10-14)15-9-17(24-19(22)18(15)26(28)29)32-12-13-5-7-30-8-6-13/h3-4,9-10,13H,2,5-8,11-12H2,1H3,(H2,22,24). The summed E-state index contributed by atoms with van der Waals surface area (Å²) in [6.07, 6.45) is 2.48. The zero-order chi connectivity index (χ0) is 23.1. The summed E-state index contributed by atoms with van der Waals surface area (Å²) in [4.78, 5) is 33.2. The normalized spacial score (nSPS) is 14.1. The number of nitrogens with two attached hydrogens (primary N) is 1. The number of nitrogen functional groups attached to an aromatic ring is 1. The van der Waals surface area contributed by atoms with Gasteiger partial charge in [0.05, 0.1) is 24.7 Å². The molecule has 0 unspecified atom stereocenters. The van der Waals surface area contributed by atoms with Gasteiger partial charge in [-0.3, -0.25) is 15.0 Å². The van der Waals surface area contributed by atoms with Gasteiger partial charge in [-0.15, -0.1) is 0 Å². The summed E-state index contributed by atoms with van der Waals surface area (Å²) in [7, 11) is 0. The molecule has 0 bridgehead atoms. The minimum atomic E-state index is -0.764. The van der Waals surface area contributed by atoms with E-state index in [1.54, 1.807) is 25.3 Å². The van der Waals surface area contributed by atoms with Gasteiger partial charge in [-0.25, -0.2) is 9.78 Å². The molecule has 1 aliphatic heterocycles. The molecule has 0 radical (unpaired) electrons. The molecule has 12 heteroatoms. The van der Waals surface area contributed by atoms with Gasteiger partial charge in [-0.2, -0.15) is 4.98 Å². The lowest BCUT2D eigenvalue weighted by atomic mass is 10.0. The van der Waals surface area contributed by atoms with Crippen LogP contribution in [0.3, 0.4) is 0 Å². The van der Waals surface area contributed by atoms with Crippen molar-refractivity contribution >= 4 is 39.2 Å². The first-order valence-corrected chi connectivity index (χ1v) is 10.9. The second-order valence-corrected chi connectivity index (χ2v) is 7.92. The fourth-order valence-electron chi connectivity index (χ4n) is 3.24. The van der Waals surface area contributed by atoms with Crippen LogP contribution in [0.1, 0.15) is 25.3 Å². The van der Waals surface area contributed by atoms with Gasteiger partial charge in [0.25, 0.3) is 0 Å². The van der Waals surface area contributed by atoms with Crippen molar-refractivity contribution in [2.24, 2.45) is 5.92 Å². The number of rotatable bonds is 8. The predicted octanol–water partition coefficient (Wildman–Crippen LogP) is 3.70. The highest BCUT2D eigenvalue weighted by molar-refractivity contribution is 9.10. The fourth-order valence-corrected chi connectivity index (χ4v) is 3.47. The van der Waals surface area contributed by atoms with Crippen LogP contribution in [0.15, 0.2) is 29.0 Å². The molecule has 0 atom stereocenters. The van der Waals surface area contributed by atoms with Gasteiger partial charge >= 0.3 is 11.8 Å². The molecule has 1 aliphatic rings. The number of halogens is 1. The Balaban J connectivity index is 1.95. The lowest BCUT2D eigenvalue weighted by Gasteiger charge is -2.24. The average molecular weight is 510 g/mol. The minimum absolute atomic E-state index is 0.0250. The van der Waals surface area contributed by atoms with Crippen molar-refractivity contribution in [2.75, 3.05) is 37.1 Å². The predicted molar refractivity (Wildman–Crippen MR) is 119 cm³/mol. The van der Waals surface area contributed by atoms with Crippen LogP contribution in [-0.2, 0) is 16.0 Å². The topological polar surface area (TPSA) is 143 Å². The number of hydrogen-bond acceptors (Lipinski definition) is 9. The highest BCUT2D eigenvalue weighted by Crippen LogP contribution is 2.37. The van der Waals surface area contributed by atoms with E-state index in [1.165, 1.54) is 6.07 Å². The monoisotopic (exact) mass is 509 g/mol. The summed E-state index contributed by atoms with van der Waals surface area (Å²) in [5.74, 6) is 0.0240. The number of carbonyl (C=O) groups excluding carboxylic acids is 1. The molecule has 1 saturated heterocycles. The second kappa shape index (κ2) is 11.0. The molecule has 172 valence electrons. The van der Waals surface area contributed by atoms with Crippen LogP contribution < -0.4 is 15.4 Å². The molecule has 1 fully saturated rings. The Hall–Kier alpha value is -2.99. The molecule has 32 heavy (non-hydrogen) atoms. The van der Waals surface area contributed by atoms with Crippen molar-refractivity contribution < 1.29 is 23.9 Å². The van der Waals surface area contributed by atoms with Crippen molar-refractivity contribution in [3.63, 3.8) is 0 Å². The summed E-state index contributed by atoms with van der Waals surface area (Å²) in [6.45, 7) is 3.40. The summed E-state index contributed by atoms with van der Waals surface area (Å²) >= 11 is 3.26. The Morgan fingerprint density at radius 3 is 2.78 bits per heavy atom. The lowest BCUT2D eigenvalue weighted by Crippen LogP contribution is -2.32. The van der Waals surface area contributed by atoms with Gasteiger partial charge in [-0.05, 0) is 53.2 Å². The summed E-state index contributed by atoms with van der Waals surface area (Å²) < 4.78 is 16.9. The first kappa shape index (κ1) is 23.7. The van der Waals surface area contributed by atoms with Crippen molar-refractivity contribution in [1.82, 2.24) is 9.97 Å². The van der Waals surface area contributed by atoms with E-state index in [1.807, 2.05) is 0 Å². The van der Waals surface area contributed by atoms with Crippen LogP contribution in [0.25, 0.3) is 0 Å². The van der Waals surface area contributed by atoms with Crippen LogP contribution in [0.4, 0.5) is 22.0 Å². The highest BCUT2D eigenvalue weighted by atomic mass is 79.9. The summed E-state index contributed by atoms with van der Waals surface area (Å²) in [5, 5.41) is 11.8. The van der Waals surface area contributed by atoms with Gasteiger partial charge in [0, 0.05) is 25.5 Å². The molecule has 1 amide bonds. The first-order chi connectivity index (χ1) is 15.4. The number of aromatic nitrogens is 2. The number of ether oxygens (including phenoxy) is 3. The summed E-state index contributed by atoms with van der Waals surface area (Å²) in [6, 6.07) is 4.79. The van der Waals surface area contributed by atoms with E-state index in [2.05, 4.69) is 25.9 Å². The van der Waals surface area contributed by atoms with Crippen LogP contribution in [0.5, 0.6) is 5.88 Å². The molecule has 0 aliphatic carbocycles. The molecule has 0 spiro atoms. The van der Waals surface area contributed by atoms with E-state index in [0.717, 1.165) is 17.7 Å². The second-order valence-electron chi connectivity index (χ2n) is 7.11. The molecular weight excluding hydrogens is 486 g/mol. The third-order valence-corrected chi connectivity index (χ3v) is 5.34. The van der Waals surface area contributed by atoms with E-state index < -0.39 is 16.7 Å². The molecule has 3 rings (SSSR count). The molecular formula is C20H24BrN5O6. The maximum absolute atomic E-state index is 12.8.